The number of piperidine rings is 1. The smallest absolute Gasteiger partial charge is 0.185 e. The van der Waals surface area contributed by atoms with Gasteiger partial charge in [-0.05, 0) is 42.8 Å². The molecule has 3 rings (SSSR count). The van der Waals surface area contributed by atoms with Crippen molar-refractivity contribution >= 4 is 17.1 Å². The van der Waals surface area contributed by atoms with Crippen molar-refractivity contribution in [2.45, 2.75) is 18.9 Å². The third kappa shape index (κ3) is 4.27. The molecule has 2 aromatic rings. The number of carbonyl (C=O) groups excluding carboxylic acids is 1. The number of hydrogen-bond donors (Lipinski definition) is 1. The van der Waals surface area contributed by atoms with E-state index >= 15 is 0 Å². The van der Waals surface area contributed by atoms with Crippen LogP contribution in [-0.2, 0) is 0 Å². The molecule has 2 atom stereocenters. The zero-order chi connectivity index (χ0) is 15.9. The van der Waals surface area contributed by atoms with Crippen molar-refractivity contribution in [1.82, 2.24) is 5.32 Å². The average molecular weight is 323 g/mol. The van der Waals surface area contributed by atoms with Crippen LogP contribution in [0.1, 0.15) is 34.1 Å². The van der Waals surface area contributed by atoms with Gasteiger partial charge in [0.2, 0.25) is 0 Å². The molecular weight excluding hydrogens is 302 g/mol. The second kappa shape index (κ2) is 8.04. The van der Waals surface area contributed by atoms with Crippen LogP contribution in [0.3, 0.4) is 0 Å². The maximum Gasteiger partial charge on any atom is 0.185 e. The summed E-state index contributed by atoms with van der Waals surface area (Å²) in [5.41, 5.74) is 0.730. The molecule has 118 valence electrons. The highest BCUT2D eigenvalue weighted by molar-refractivity contribution is 7.10. The summed E-state index contributed by atoms with van der Waals surface area (Å²) in [5, 5.41) is 5.75. The van der Waals surface area contributed by atoms with Crippen molar-refractivity contribution in [3.63, 3.8) is 0 Å². The van der Waals surface area contributed by atoms with Crippen LogP contribution < -0.4 is 5.32 Å². The number of allylic oxidation sites excluding steroid dienone is 3. The van der Waals surface area contributed by atoms with Crippen molar-refractivity contribution in [2.24, 2.45) is 5.92 Å². The van der Waals surface area contributed by atoms with E-state index in [4.69, 9.17) is 0 Å². The second-order valence-electron chi connectivity index (χ2n) is 5.73. The molecule has 3 heteroatoms. The van der Waals surface area contributed by atoms with E-state index in [0.29, 0.717) is 12.0 Å². The first kappa shape index (κ1) is 15.9. The summed E-state index contributed by atoms with van der Waals surface area (Å²) in [6, 6.07) is 14.1. The highest BCUT2D eigenvalue weighted by Crippen LogP contribution is 2.32. The monoisotopic (exact) mass is 323 g/mol. The quantitative estimate of drug-likeness (QED) is 0.487. The van der Waals surface area contributed by atoms with E-state index in [9.17, 15) is 4.79 Å². The first-order valence-corrected chi connectivity index (χ1v) is 8.93. The largest absolute Gasteiger partial charge is 0.309 e. The van der Waals surface area contributed by atoms with Crippen LogP contribution in [0.25, 0.3) is 0 Å². The standard InChI is InChI=1S/C20H21NOS/c22-18(16-8-2-1-3-9-16)12-5-4-10-17-11-6-14-21-20(17)19-13-7-15-23-19/h1-5,7-10,12-13,15,17,20-21H,6,11,14H2/b10-4-,12-5+/t17-,20+/m0/s1. The van der Waals surface area contributed by atoms with Gasteiger partial charge in [0.15, 0.2) is 5.78 Å². The summed E-state index contributed by atoms with van der Waals surface area (Å²) in [5.74, 6) is 0.533. The zero-order valence-corrected chi connectivity index (χ0v) is 13.8. The molecule has 1 aliphatic heterocycles. The molecule has 1 saturated heterocycles. The fraction of sp³-hybridized carbons (Fsp3) is 0.250. The Morgan fingerprint density at radius 3 is 2.78 bits per heavy atom. The van der Waals surface area contributed by atoms with Crippen LogP contribution in [0.15, 0.2) is 72.1 Å². The predicted octanol–water partition coefficient (Wildman–Crippen LogP) is 4.78. The minimum Gasteiger partial charge on any atom is -0.309 e. The average Bonchev–Trinajstić information content (AvgIpc) is 3.14. The third-order valence-electron chi connectivity index (χ3n) is 4.13. The van der Waals surface area contributed by atoms with Gasteiger partial charge in [-0.2, -0.15) is 0 Å². The summed E-state index contributed by atoms with van der Waals surface area (Å²) < 4.78 is 0. The maximum atomic E-state index is 12.0. The van der Waals surface area contributed by atoms with Crippen LogP contribution in [0, 0.1) is 5.92 Å². The summed E-state index contributed by atoms with van der Waals surface area (Å²) in [6.07, 6.45) is 10.1. The van der Waals surface area contributed by atoms with Crippen LogP contribution >= 0.6 is 11.3 Å². The van der Waals surface area contributed by atoms with E-state index in [2.05, 4.69) is 28.9 Å². The van der Waals surface area contributed by atoms with E-state index in [1.54, 1.807) is 17.4 Å². The number of nitrogens with one attached hydrogen (secondary N) is 1. The molecule has 2 nitrogen and oxygen atoms in total. The fourth-order valence-corrected chi connectivity index (χ4v) is 3.83. The van der Waals surface area contributed by atoms with Gasteiger partial charge in [0.1, 0.15) is 0 Å². The first-order valence-electron chi connectivity index (χ1n) is 8.05. The van der Waals surface area contributed by atoms with Crippen molar-refractivity contribution in [1.29, 1.82) is 0 Å². The molecule has 1 aromatic carbocycles. The Kier molecular flexibility index (Phi) is 5.56. The number of ketones is 1. The number of rotatable bonds is 5. The van der Waals surface area contributed by atoms with Crippen molar-refractivity contribution in [3.05, 3.63) is 82.6 Å². The van der Waals surface area contributed by atoms with Crippen LogP contribution in [0.5, 0.6) is 0 Å². The molecule has 1 aliphatic rings. The first-order chi connectivity index (χ1) is 11.3. The van der Waals surface area contributed by atoms with Gasteiger partial charge in [-0.3, -0.25) is 4.79 Å². The molecule has 0 aliphatic carbocycles. The normalized spacial score (nSPS) is 21.9. The van der Waals surface area contributed by atoms with Gasteiger partial charge in [-0.25, -0.2) is 0 Å². The van der Waals surface area contributed by atoms with Crippen molar-refractivity contribution in [3.8, 4) is 0 Å². The lowest BCUT2D eigenvalue weighted by atomic mass is 9.89. The van der Waals surface area contributed by atoms with Gasteiger partial charge in [0, 0.05) is 16.5 Å². The number of carbonyl (C=O) groups is 1. The topological polar surface area (TPSA) is 29.1 Å². The minimum atomic E-state index is 0.0480. The Hall–Kier alpha value is -1.97. The fourth-order valence-electron chi connectivity index (χ4n) is 2.95. The van der Waals surface area contributed by atoms with Gasteiger partial charge in [-0.15, -0.1) is 11.3 Å². The maximum absolute atomic E-state index is 12.0. The molecule has 0 spiro atoms. The van der Waals surface area contributed by atoms with Gasteiger partial charge in [0.05, 0.1) is 0 Å². The van der Waals surface area contributed by atoms with E-state index in [0.717, 1.165) is 12.1 Å². The van der Waals surface area contributed by atoms with Gasteiger partial charge in [0.25, 0.3) is 0 Å². The summed E-state index contributed by atoms with van der Waals surface area (Å²) in [7, 11) is 0. The van der Waals surface area contributed by atoms with Gasteiger partial charge >= 0.3 is 0 Å². The number of benzene rings is 1. The lowest BCUT2D eigenvalue weighted by molar-refractivity contribution is 0.104. The third-order valence-corrected chi connectivity index (χ3v) is 5.09. The molecule has 1 aromatic heterocycles. The highest BCUT2D eigenvalue weighted by atomic mass is 32.1. The lowest BCUT2D eigenvalue weighted by Gasteiger charge is -2.30. The highest BCUT2D eigenvalue weighted by Gasteiger charge is 2.24. The Morgan fingerprint density at radius 2 is 2.00 bits per heavy atom. The van der Waals surface area contributed by atoms with Gasteiger partial charge in [-0.1, -0.05) is 54.6 Å². The lowest BCUT2D eigenvalue weighted by Crippen LogP contribution is -2.32. The van der Waals surface area contributed by atoms with Crippen molar-refractivity contribution in [2.75, 3.05) is 6.54 Å². The van der Waals surface area contributed by atoms with E-state index < -0.39 is 0 Å². The molecule has 0 unspecified atom stereocenters. The number of hydrogen-bond acceptors (Lipinski definition) is 3. The Morgan fingerprint density at radius 1 is 1.13 bits per heavy atom. The Balaban J connectivity index is 1.62. The Bertz CT molecular complexity index is 673. The van der Waals surface area contributed by atoms with E-state index in [1.807, 2.05) is 42.5 Å². The van der Waals surface area contributed by atoms with E-state index in [1.165, 1.54) is 17.7 Å². The van der Waals surface area contributed by atoms with Crippen LogP contribution in [0.2, 0.25) is 0 Å². The summed E-state index contributed by atoms with van der Waals surface area (Å²) >= 11 is 1.81. The summed E-state index contributed by atoms with van der Waals surface area (Å²) in [6.45, 7) is 1.08. The Labute approximate surface area is 141 Å². The molecule has 0 radical (unpaired) electrons. The molecule has 0 bridgehead atoms. The van der Waals surface area contributed by atoms with E-state index in [-0.39, 0.29) is 5.78 Å². The van der Waals surface area contributed by atoms with Gasteiger partial charge < -0.3 is 5.32 Å². The minimum absolute atomic E-state index is 0.0480. The molecule has 1 fully saturated rings. The van der Waals surface area contributed by atoms with Crippen molar-refractivity contribution < 1.29 is 4.79 Å². The molecule has 1 N–H and O–H groups in total. The molecule has 23 heavy (non-hydrogen) atoms. The SMILES string of the molecule is O=C(/C=C/C=C\[C@H]1CCCN[C@H]1c1cccs1)c1ccccc1. The molecular formula is C20H21NOS. The summed E-state index contributed by atoms with van der Waals surface area (Å²) in [4.78, 5) is 13.4. The van der Waals surface area contributed by atoms with Crippen LogP contribution in [0.4, 0.5) is 0 Å². The molecule has 0 saturated carbocycles. The second-order valence-corrected chi connectivity index (χ2v) is 6.71. The zero-order valence-electron chi connectivity index (χ0n) is 13.0. The number of thiophene rings is 1. The van der Waals surface area contributed by atoms with Crippen LogP contribution in [-0.4, -0.2) is 12.3 Å². The predicted molar refractivity (Wildman–Crippen MR) is 96.8 cm³/mol. The molecule has 0 amide bonds. The molecule has 2 heterocycles.